The third kappa shape index (κ3) is 64.0. The third-order valence-corrected chi connectivity index (χ3v) is 15.1. The summed E-state index contributed by atoms with van der Waals surface area (Å²) < 4.78 is 10.8. The summed E-state index contributed by atoms with van der Waals surface area (Å²) in [5.74, 6) is -0.568. The Kier molecular flexibility index (Phi) is 63.8. The lowest BCUT2D eigenvalue weighted by molar-refractivity contribution is -0.161. The van der Waals surface area contributed by atoms with E-state index in [0.29, 0.717) is 12.8 Å². The van der Waals surface area contributed by atoms with Gasteiger partial charge in [0.15, 0.2) is 6.10 Å². The lowest BCUT2D eigenvalue weighted by atomic mass is 10.0. The number of ether oxygens (including phenoxy) is 2. The molecule has 0 amide bonds. The Morgan fingerprint density at radius 2 is 0.573 bits per heavy atom. The molecule has 0 saturated carbocycles. The summed E-state index contributed by atoms with van der Waals surface area (Å²) >= 11 is 0. The van der Waals surface area contributed by atoms with Gasteiger partial charge in [-0.2, -0.15) is 0 Å². The van der Waals surface area contributed by atoms with Crippen molar-refractivity contribution in [3.63, 3.8) is 0 Å². The number of unbranched alkanes of at least 4 members (excludes halogenated alkanes) is 44. The molecule has 75 heavy (non-hydrogen) atoms. The monoisotopic (exact) mass is 1050 g/mol. The van der Waals surface area contributed by atoms with Crippen LogP contribution in [0.15, 0.2) is 60.8 Å². The summed E-state index contributed by atoms with van der Waals surface area (Å²) in [6, 6.07) is 0. The van der Waals surface area contributed by atoms with Crippen LogP contribution in [0.5, 0.6) is 0 Å². The van der Waals surface area contributed by atoms with Crippen molar-refractivity contribution in [1.29, 1.82) is 0 Å². The largest absolute Gasteiger partial charge is 0.462 e. The van der Waals surface area contributed by atoms with Crippen molar-refractivity contribution >= 4 is 11.9 Å². The summed E-state index contributed by atoms with van der Waals surface area (Å²) in [4.78, 5) is 24.6. The minimum atomic E-state index is -0.770. The normalized spacial score (nSPS) is 12.5. The second-order valence-corrected chi connectivity index (χ2v) is 22.5. The molecule has 0 aliphatic rings. The van der Waals surface area contributed by atoms with Gasteiger partial charge in [-0.05, 0) is 57.8 Å². The van der Waals surface area contributed by atoms with Gasteiger partial charge in [-0.25, -0.2) is 0 Å². The first kappa shape index (κ1) is 72.6. The van der Waals surface area contributed by atoms with Crippen molar-refractivity contribution in [3.05, 3.63) is 60.8 Å². The van der Waals surface area contributed by atoms with E-state index in [1.54, 1.807) is 0 Å². The number of aliphatic hydroxyl groups is 1. The zero-order valence-corrected chi connectivity index (χ0v) is 50.3. The maximum Gasteiger partial charge on any atom is 0.306 e. The van der Waals surface area contributed by atoms with Crippen molar-refractivity contribution in [2.24, 2.45) is 0 Å². The lowest BCUT2D eigenvalue weighted by Crippen LogP contribution is -2.28. The van der Waals surface area contributed by atoms with Crippen LogP contribution >= 0.6 is 0 Å². The quantitative estimate of drug-likeness (QED) is 0.0373. The standard InChI is InChI=1S/C70H128O5/c1-3-5-7-9-11-13-15-17-19-21-23-25-27-29-30-31-32-33-34-35-36-37-38-39-40-41-43-45-47-49-51-53-55-57-59-61-63-65-70(73)75-68(66-71)67-74-69(72)64-62-60-58-56-54-52-50-48-46-44-42-28-26-24-22-20-18-16-14-12-10-8-6-4-2/h5,7,11,13,17,19,23,25,29-30,68,71H,3-4,6,8-10,12,14-16,18,20-22,24,26-28,31-67H2,1-2H3/b7-5-,13-11-,19-17-,25-23-,30-29-. The zero-order chi connectivity index (χ0) is 54.1. The van der Waals surface area contributed by atoms with E-state index in [0.717, 1.165) is 64.2 Å². The topological polar surface area (TPSA) is 72.8 Å². The van der Waals surface area contributed by atoms with E-state index in [1.165, 1.54) is 263 Å². The molecule has 1 N–H and O–H groups in total. The van der Waals surface area contributed by atoms with E-state index in [1.807, 2.05) is 0 Å². The predicted molar refractivity (Wildman–Crippen MR) is 330 cm³/mol. The Balaban J connectivity index is 3.40. The predicted octanol–water partition coefficient (Wildman–Crippen LogP) is 22.9. The maximum absolute atomic E-state index is 12.4. The molecule has 0 fully saturated rings. The SMILES string of the molecule is CC/C=C\C/C=C\C/C=C\C/C=C\C/C=C\CCCCCCCCCCCCCCCCCCCCCCCC(=O)OC(CO)COC(=O)CCCCCCCCCCCCCCCCCCCCCCCCCC. The van der Waals surface area contributed by atoms with Crippen molar-refractivity contribution < 1.29 is 24.2 Å². The summed E-state index contributed by atoms with van der Waals surface area (Å²) in [6.07, 6.45) is 89.6. The number of esters is 2. The number of aliphatic hydroxyl groups excluding tert-OH is 1. The van der Waals surface area contributed by atoms with Crippen LogP contribution in [0.4, 0.5) is 0 Å². The van der Waals surface area contributed by atoms with Crippen LogP contribution in [-0.4, -0.2) is 36.4 Å². The van der Waals surface area contributed by atoms with Gasteiger partial charge in [-0.15, -0.1) is 0 Å². The molecule has 0 radical (unpaired) electrons. The first-order chi connectivity index (χ1) is 37.1. The van der Waals surface area contributed by atoms with E-state index in [2.05, 4.69) is 74.6 Å². The smallest absolute Gasteiger partial charge is 0.306 e. The molecule has 0 aliphatic carbocycles. The molecule has 0 aliphatic heterocycles. The van der Waals surface area contributed by atoms with Crippen molar-refractivity contribution in [3.8, 4) is 0 Å². The number of hydrogen-bond acceptors (Lipinski definition) is 5. The van der Waals surface area contributed by atoms with Crippen molar-refractivity contribution in [2.75, 3.05) is 13.2 Å². The van der Waals surface area contributed by atoms with Gasteiger partial charge in [-0.3, -0.25) is 9.59 Å². The molecule has 5 heteroatoms. The molecule has 0 aromatic rings. The Hall–Kier alpha value is -2.40. The summed E-state index contributed by atoms with van der Waals surface area (Å²) in [6.45, 7) is 4.08. The molecular formula is C70H128O5. The highest BCUT2D eigenvalue weighted by Gasteiger charge is 2.16. The molecule has 0 spiro atoms. The maximum atomic E-state index is 12.4. The average Bonchev–Trinajstić information content (AvgIpc) is 3.41. The molecular weight excluding hydrogens is 921 g/mol. The van der Waals surface area contributed by atoms with Gasteiger partial charge >= 0.3 is 11.9 Å². The van der Waals surface area contributed by atoms with E-state index in [4.69, 9.17) is 9.47 Å². The van der Waals surface area contributed by atoms with Gasteiger partial charge in [-0.1, -0.05) is 344 Å². The first-order valence-electron chi connectivity index (χ1n) is 33.3. The Morgan fingerprint density at radius 3 is 0.867 bits per heavy atom. The molecule has 0 saturated heterocycles. The van der Waals surface area contributed by atoms with E-state index < -0.39 is 6.10 Å². The Labute approximate surface area is 468 Å². The molecule has 0 heterocycles. The summed E-state index contributed by atoms with van der Waals surface area (Å²) in [5, 5.41) is 9.69. The van der Waals surface area contributed by atoms with Crippen LogP contribution < -0.4 is 0 Å². The second kappa shape index (κ2) is 65.9. The first-order valence-corrected chi connectivity index (χ1v) is 33.3. The van der Waals surface area contributed by atoms with Crippen LogP contribution in [0.25, 0.3) is 0 Å². The molecule has 1 unspecified atom stereocenters. The van der Waals surface area contributed by atoms with Crippen molar-refractivity contribution in [1.82, 2.24) is 0 Å². The Bertz CT molecular complexity index is 1280. The minimum absolute atomic E-state index is 0.0598. The number of carbonyl (C=O) groups excluding carboxylic acids is 2. The molecule has 1 atom stereocenters. The minimum Gasteiger partial charge on any atom is -0.462 e. The van der Waals surface area contributed by atoms with E-state index >= 15 is 0 Å². The summed E-state index contributed by atoms with van der Waals surface area (Å²) in [5.41, 5.74) is 0. The van der Waals surface area contributed by atoms with Gasteiger partial charge in [0.2, 0.25) is 0 Å². The number of rotatable bonds is 62. The summed E-state index contributed by atoms with van der Waals surface area (Å²) in [7, 11) is 0. The van der Waals surface area contributed by atoms with Crippen molar-refractivity contribution in [2.45, 2.75) is 360 Å². The van der Waals surface area contributed by atoms with Crippen LogP contribution in [0.1, 0.15) is 354 Å². The number of allylic oxidation sites excluding steroid dienone is 10. The van der Waals surface area contributed by atoms with E-state index in [9.17, 15) is 14.7 Å². The molecule has 0 aromatic carbocycles. The number of hydrogen-bond donors (Lipinski definition) is 1. The molecule has 0 aromatic heterocycles. The van der Waals surface area contributed by atoms with Crippen LogP contribution in [0.2, 0.25) is 0 Å². The van der Waals surface area contributed by atoms with Gasteiger partial charge < -0.3 is 14.6 Å². The van der Waals surface area contributed by atoms with Gasteiger partial charge in [0.25, 0.3) is 0 Å². The van der Waals surface area contributed by atoms with Crippen LogP contribution in [0.3, 0.4) is 0 Å². The van der Waals surface area contributed by atoms with Crippen LogP contribution in [0, 0.1) is 0 Å². The van der Waals surface area contributed by atoms with Gasteiger partial charge in [0.1, 0.15) is 6.61 Å². The molecule has 438 valence electrons. The van der Waals surface area contributed by atoms with Crippen LogP contribution in [-0.2, 0) is 19.1 Å². The third-order valence-electron chi connectivity index (χ3n) is 15.1. The fraction of sp³-hybridized carbons (Fsp3) is 0.829. The highest BCUT2D eigenvalue weighted by molar-refractivity contribution is 5.70. The Morgan fingerprint density at radius 1 is 0.320 bits per heavy atom. The molecule has 0 rings (SSSR count). The van der Waals surface area contributed by atoms with Gasteiger partial charge in [0, 0.05) is 12.8 Å². The fourth-order valence-corrected chi connectivity index (χ4v) is 10.1. The fourth-order valence-electron chi connectivity index (χ4n) is 10.1. The second-order valence-electron chi connectivity index (χ2n) is 22.5. The van der Waals surface area contributed by atoms with E-state index in [-0.39, 0.29) is 25.2 Å². The lowest BCUT2D eigenvalue weighted by Gasteiger charge is -2.15. The highest BCUT2D eigenvalue weighted by Crippen LogP contribution is 2.18. The molecule has 5 nitrogen and oxygen atoms in total. The van der Waals surface area contributed by atoms with Gasteiger partial charge in [0.05, 0.1) is 6.61 Å². The number of carbonyl (C=O) groups is 2. The zero-order valence-electron chi connectivity index (χ0n) is 50.3. The molecule has 0 bridgehead atoms. The highest BCUT2D eigenvalue weighted by atomic mass is 16.6. The average molecular weight is 1050 g/mol.